The highest BCUT2D eigenvalue weighted by Crippen LogP contribution is 2.43. The van der Waals surface area contributed by atoms with E-state index in [9.17, 15) is 29.5 Å². The molecular weight excluding hydrogens is 1050 g/mol. The van der Waals surface area contributed by atoms with Crippen LogP contribution in [0.1, 0.15) is 122 Å². The van der Waals surface area contributed by atoms with Crippen molar-refractivity contribution in [2.75, 3.05) is 72.0 Å². The maximum atomic E-state index is 15.1. The lowest BCUT2D eigenvalue weighted by Crippen LogP contribution is -2.61. The Bertz CT molecular complexity index is 3250. The molecule has 0 spiro atoms. The van der Waals surface area contributed by atoms with E-state index in [1.165, 1.54) is 16.2 Å². The Labute approximate surface area is 487 Å². The molecule has 2 saturated heterocycles. The molecular formula is C62H83N13O8. The van der Waals surface area contributed by atoms with E-state index in [1.807, 2.05) is 52.1 Å². The maximum absolute atomic E-state index is 15.1. The van der Waals surface area contributed by atoms with Crippen LogP contribution in [-0.2, 0) is 48.0 Å². The number of benzene rings is 2. The minimum absolute atomic E-state index is 0.00970. The first kappa shape index (κ1) is 60.2. The Kier molecular flexibility index (Phi) is 18.6. The molecule has 4 aliphatic rings. The monoisotopic (exact) mass is 1140 g/mol. The number of phenolic OH excluding ortho intramolecular Hbond substituents is 1. The number of piperazine rings is 1. The number of ether oxygens (including phenoxy) is 2. The second-order valence-electron chi connectivity index (χ2n) is 24.3. The summed E-state index contributed by atoms with van der Waals surface area (Å²) in [6, 6.07) is 12.4. The van der Waals surface area contributed by atoms with Gasteiger partial charge in [-0.05, 0) is 125 Å². The number of carbonyl (C=O) groups is 5. The zero-order chi connectivity index (χ0) is 59.4. The fourth-order valence-corrected chi connectivity index (χ4v) is 13.0. The Morgan fingerprint density at radius 3 is 2.47 bits per heavy atom. The summed E-state index contributed by atoms with van der Waals surface area (Å²) in [4.78, 5) is 85.3. The predicted octanol–water partition coefficient (Wildman–Crippen LogP) is 7.09. The molecule has 444 valence electrons. The van der Waals surface area contributed by atoms with Crippen LogP contribution < -0.4 is 15.6 Å². The van der Waals surface area contributed by atoms with Crippen LogP contribution in [0.3, 0.4) is 0 Å². The highest BCUT2D eigenvalue weighted by molar-refractivity contribution is 5.96. The van der Waals surface area contributed by atoms with E-state index in [4.69, 9.17) is 14.5 Å². The Hall–Kier alpha value is -7.41. The summed E-state index contributed by atoms with van der Waals surface area (Å²) in [7, 11) is 5.46. The number of aromatic nitrogens is 5. The number of carbonyl (C=O) groups excluding carboxylic acids is 5. The first-order valence-electron chi connectivity index (χ1n) is 29.6. The van der Waals surface area contributed by atoms with Crippen LogP contribution >= 0.6 is 0 Å². The second-order valence-corrected chi connectivity index (χ2v) is 24.3. The number of methoxy groups -OCH3 is 1. The van der Waals surface area contributed by atoms with E-state index in [2.05, 4.69) is 81.3 Å². The molecule has 3 fully saturated rings. The summed E-state index contributed by atoms with van der Waals surface area (Å²) in [5.41, 5.74) is 10.8. The van der Waals surface area contributed by atoms with E-state index in [-0.39, 0.29) is 55.0 Å². The third kappa shape index (κ3) is 13.0. The third-order valence-corrected chi connectivity index (χ3v) is 17.4. The number of nitriles is 1. The molecule has 2 unspecified atom stereocenters. The molecule has 2 aromatic carbocycles. The fourth-order valence-electron chi connectivity index (χ4n) is 13.0. The number of nitrogens with zero attached hydrogens (tertiary/aromatic N) is 11. The highest BCUT2D eigenvalue weighted by atomic mass is 16.5. The highest BCUT2D eigenvalue weighted by Gasteiger charge is 2.41. The Morgan fingerprint density at radius 1 is 0.988 bits per heavy atom. The van der Waals surface area contributed by atoms with Crippen molar-refractivity contribution < 1.29 is 38.6 Å². The van der Waals surface area contributed by atoms with Crippen LogP contribution in [0, 0.1) is 28.6 Å². The zero-order valence-corrected chi connectivity index (χ0v) is 50.0. The van der Waals surface area contributed by atoms with Gasteiger partial charge >= 0.3 is 12.0 Å². The number of rotatable bonds is 12. The molecule has 0 radical (unpaired) electrons. The number of nitrogens with one attached hydrogen (secondary N) is 2. The molecule has 21 nitrogen and oxygen atoms in total. The Morgan fingerprint density at radius 2 is 1.76 bits per heavy atom. The lowest BCUT2D eigenvalue weighted by atomic mass is 9.83. The summed E-state index contributed by atoms with van der Waals surface area (Å²) in [6.07, 6.45) is 6.79. The third-order valence-electron chi connectivity index (χ3n) is 17.4. The van der Waals surface area contributed by atoms with Gasteiger partial charge in [0.05, 0.1) is 42.4 Å². The molecule has 3 aliphatic heterocycles. The van der Waals surface area contributed by atoms with E-state index >= 15 is 4.79 Å². The van der Waals surface area contributed by atoms with Gasteiger partial charge in [-0.1, -0.05) is 46.2 Å². The van der Waals surface area contributed by atoms with Gasteiger partial charge < -0.3 is 44.1 Å². The summed E-state index contributed by atoms with van der Waals surface area (Å²) in [6.45, 7) is 19.0. The van der Waals surface area contributed by atoms with Crippen LogP contribution in [0.2, 0.25) is 0 Å². The largest absolute Gasteiger partial charge is 0.508 e. The molecule has 21 heteroatoms. The molecule has 6 atom stereocenters. The number of aromatic hydroxyl groups is 1. The van der Waals surface area contributed by atoms with Crippen LogP contribution in [0.15, 0.2) is 55.0 Å². The van der Waals surface area contributed by atoms with Crippen LogP contribution in [0.4, 0.5) is 10.5 Å². The van der Waals surface area contributed by atoms with Crippen molar-refractivity contribution in [2.24, 2.45) is 17.3 Å². The van der Waals surface area contributed by atoms with Crippen molar-refractivity contribution in [3.05, 3.63) is 77.6 Å². The van der Waals surface area contributed by atoms with Crippen molar-refractivity contribution in [3.63, 3.8) is 0 Å². The SMILES string of the molecule is CCN(C(=O)n1cnnc1C#N)C1CCCC(C(=O)N(C)[C@H](C(=O)N[C@H]2Cc3cc(O)cc(c3)-c3ccc4c(c3)c(c(-c3cc(N5CCN(C)CC5)cnc3[C@H](C)OC)n4CC)CC(C)(C)COC(=O)C[C@@H]3CCCN(N3)C2=O)C(C)C)C1. The van der Waals surface area contributed by atoms with Gasteiger partial charge in [0.2, 0.25) is 17.6 Å². The van der Waals surface area contributed by atoms with Crippen molar-refractivity contribution in [1.29, 1.82) is 5.26 Å². The van der Waals surface area contributed by atoms with Crippen molar-refractivity contribution >= 4 is 46.3 Å². The lowest BCUT2D eigenvalue weighted by Gasteiger charge is -2.39. The molecule has 1 saturated carbocycles. The van der Waals surface area contributed by atoms with Gasteiger partial charge in [0.15, 0.2) is 0 Å². The average molecular weight is 1140 g/mol. The quantitative estimate of drug-likeness (QED) is 0.106. The molecule has 3 N–H and O–H groups in total. The zero-order valence-electron chi connectivity index (χ0n) is 50.0. The first-order chi connectivity index (χ1) is 39.7. The molecule has 1 aliphatic carbocycles. The average Bonchev–Trinajstić information content (AvgIpc) is 2.46. The summed E-state index contributed by atoms with van der Waals surface area (Å²) < 4.78 is 15.6. The molecule has 4 amide bonds. The number of cyclic esters (lactones) is 1. The number of hydrogen-bond donors (Lipinski definition) is 3. The number of aryl methyl sites for hydroxylation is 1. The normalized spacial score (nSPS) is 21.6. The predicted molar refractivity (Wildman–Crippen MR) is 315 cm³/mol. The van der Waals surface area contributed by atoms with Gasteiger partial charge in [-0.2, -0.15) is 5.26 Å². The van der Waals surface area contributed by atoms with Gasteiger partial charge in [-0.15, -0.1) is 10.2 Å². The standard InChI is InChI=1S/C62H83N13O8/c1-11-72(61(81)74-37-65-67-53(74)34-63)45-17-13-15-42(28-45)59(79)70(9)56(38(3)4)58(78)66-51-27-40-25-43(29-47(76)26-40)41-18-19-52-48(30-41)50(33-62(6,7)36-83-54(77)31-44-16-14-20-75(68-44)60(51)80)57(73(52)12-2)49-32-46(35-64-55(49)39(5)82-10)71-23-21-69(8)22-24-71/h18-19,25-26,29-30,32,35,37-39,42,44-45,51,56,68,76H,11-17,20-24,27-28,31,33,36H2,1-10H3,(H,66,78)/t39-,42?,44-,45?,51-,56-/m0/s1. The topological polar surface area (TPSA) is 237 Å². The molecule has 5 aromatic rings. The molecule has 3 aromatic heterocycles. The van der Waals surface area contributed by atoms with Crippen molar-refractivity contribution in [1.82, 2.24) is 54.8 Å². The number of hydrazine groups is 1. The minimum Gasteiger partial charge on any atom is -0.508 e. The van der Waals surface area contributed by atoms with Crippen molar-refractivity contribution in [2.45, 2.75) is 143 Å². The van der Waals surface area contributed by atoms with Gasteiger partial charge in [0.25, 0.3) is 5.91 Å². The van der Waals surface area contributed by atoms with Gasteiger partial charge in [-0.25, -0.2) is 14.8 Å². The van der Waals surface area contributed by atoms with E-state index in [0.29, 0.717) is 75.7 Å². The molecule has 6 heterocycles. The van der Waals surface area contributed by atoms with Crippen LogP contribution in [0.25, 0.3) is 33.3 Å². The van der Waals surface area contributed by atoms with Crippen LogP contribution in [0.5, 0.6) is 5.75 Å². The van der Waals surface area contributed by atoms with Crippen molar-refractivity contribution in [3.8, 4) is 34.2 Å². The molecule has 9 rings (SSSR count). The van der Waals surface area contributed by atoms with Gasteiger partial charge in [0, 0.05) is 106 Å². The summed E-state index contributed by atoms with van der Waals surface area (Å²) in [5.74, 6) is -2.65. The number of likely N-dealkylation sites (N-methyl/N-ethyl adjacent to an activating group) is 2. The number of anilines is 1. The Balaban J connectivity index is 1.07. The molecule has 6 bridgehead atoms. The number of pyridine rings is 1. The van der Waals surface area contributed by atoms with E-state index in [0.717, 1.165) is 75.4 Å². The number of esters is 1. The van der Waals surface area contributed by atoms with Gasteiger partial charge in [0.1, 0.15) is 30.2 Å². The summed E-state index contributed by atoms with van der Waals surface area (Å²) >= 11 is 0. The number of phenols is 1. The maximum Gasteiger partial charge on any atom is 0.331 e. The van der Waals surface area contributed by atoms with Gasteiger partial charge in [-0.3, -0.25) is 29.2 Å². The fraction of sp³-hybridized carbons (Fsp3) is 0.565. The van der Waals surface area contributed by atoms with E-state index < -0.39 is 53.3 Å². The smallest absolute Gasteiger partial charge is 0.331 e. The number of hydrogen-bond acceptors (Lipinski definition) is 15. The molecule has 83 heavy (non-hydrogen) atoms. The van der Waals surface area contributed by atoms with Crippen LogP contribution in [-0.4, -0.2) is 170 Å². The minimum atomic E-state index is -1.17. The summed E-state index contributed by atoms with van der Waals surface area (Å²) in [5, 5.41) is 34.2. The number of fused-ring (bicyclic) bond motifs is 6. The first-order valence-corrected chi connectivity index (χ1v) is 29.6. The number of amides is 4. The second kappa shape index (κ2) is 25.6. The van der Waals surface area contributed by atoms with E-state index in [1.54, 1.807) is 31.2 Å². The lowest BCUT2D eigenvalue weighted by molar-refractivity contribution is -0.150.